The van der Waals surface area contributed by atoms with Crippen molar-refractivity contribution in [3.63, 3.8) is 0 Å². The molecule has 0 bridgehead atoms. The monoisotopic (exact) mass is 520 g/mol. The first-order valence-corrected chi connectivity index (χ1v) is 12.0. The van der Waals surface area contributed by atoms with E-state index in [2.05, 4.69) is 37.9 Å². The fourth-order valence-electron chi connectivity index (χ4n) is 3.99. The Hall–Kier alpha value is -2.90. The molecule has 0 unspecified atom stereocenters. The lowest BCUT2D eigenvalue weighted by Gasteiger charge is -2.30. The summed E-state index contributed by atoms with van der Waals surface area (Å²) in [5, 5.41) is 3.08. The van der Waals surface area contributed by atoms with E-state index in [1.165, 1.54) is 0 Å². The first kappa shape index (κ1) is 31.1. The molecule has 0 aliphatic rings. The van der Waals surface area contributed by atoms with Crippen LogP contribution in [0.4, 0.5) is 5.69 Å². The quantitative estimate of drug-likeness (QED) is 0.319. The van der Waals surface area contributed by atoms with Crippen LogP contribution in [0.1, 0.15) is 52.2 Å². The van der Waals surface area contributed by atoms with Crippen LogP contribution in [-0.2, 0) is 4.79 Å². The van der Waals surface area contributed by atoms with Crippen molar-refractivity contribution >= 4 is 36.2 Å². The summed E-state index contributed by atoms with van der Waals surface area (Å²) < 4.78 is 22.0. The predicted molar refractivity (Wildman–Crippen MR) is 150 cm³/mol. The third-order valence-electron chi connectivity index (χ3n) is 5.68. The number of rotatable bonds is 13. The van der Waals surface area contributed by atoms with E-state index in [-0.39, 0.29) is 18.3 Å². The SMILES string of the molecule is CCOc1ccc(/C=C\c2cc(OC)c(OC)c(OC)c2)c(NC(=O)CCN(C(C)C)C(C)C)c1.Cl. The number of nitrogens with one attached hydrogen (secondary N) is 1. The molecule has 0 heterocycles. The summed E-state index contributed by atoms with van der Waals surface area (Å²) >= 11 is 0. The number of carbonyl (C=O) groups is 1. The van der Waals surface area contributed by atoms with Gasteiger partial charge in [-0.15, -0.1) is 12.4 Å². The number of hydrogen-bond donors (Lipinski definition) is 1. The highest BCUT2D eigenvalue weighted by atomic mass is 35.5. The smallest absolute Gasteiger partial charge is 0.225 e. The molecule has 0 fully saturated rings. The van der Waals surface area contributed by atoms with Crippen LogP contribution < -0.4 is 24.3 Å². The molecule has 0 aromatic heterocycles. The minimum Gasteiger partial charge on any atom is -0.494 e. The third kappa shape index (κ3) is 8.64. The molecule has 8 heteroatoms. The van der Waals surface area contributed by atoms with Gasteiger partial charge in [0.05, 0.1) is 33.6 Å². The summed E-state index contributed by atoms with van der Waals surface area (Å²) in [5.41, 5.74) is 2.43. The number of nitrogens with zero attached hydrogens (tertiary/aromatic N) is 1. The Labute approximate surface area is 222 Å². The van der Waals surface area contributed by atoms with E-state index in [0.717, 1.165) is 11.1 Å². The van der Waals surface area contributed by atoms with E-state index in [0.29, 0.717) is 60.3 Å². The van der Waals surface area contributed by atoms with Crippen molar-refractivity contribution in [2.75, 3.05) is 39.8 Å². The number of benzene rings is 2. The Bertz CT molecular complexity index is 974. The first-order valence-electron chi connectivity index (χ1n) is 12.0. The second-order valence-electron chi connectivity index (χ2n) is 8.70. The van der Waals surface area contributed by atoms with Gasteiger partial charge in [-0.1, -0.05) is 12.2 Å². The van der Waals surface area contributed by atoms with Gasteiger partial charge in [0.15, 0.2) is 11.5 Å². The summed E-state index contributed by atoms with van der Waals surface area (Å²) in [6.07, 6.45) is 4.29. The fraction of sp³-hybridized carbons (Fsp3) is 0.464. The van der Waals surface area contributed by atoms with Crippen LogP contribution >= 0.6 is 12.4 Å². The van der Waals surface area contributed by atoms with Gasteiger partial charge in [0.25, 0.3) is 0 Å². The van der Waals surface area contributed by atoms with E-state index in [4.69, 9.17) is 18.9 Å². The zero-order chi connectivity index (χ0) is 26.0. The predicted octanol–water partition coefficient (Wildman–Crippen LogP) is 6.15. The van der Waals surface area contributed by atoms with Crippen molar-refractivity contribution < 1.29 is 23.7 Å². The zero-order valence-corrected chi connectivity index (χ0v) is 23.5. The maximum Gasteiger partial charge on any atom is 0.225 e. The van der Waals surface area contributed by atoms with Crippen LogP contribution in [0.25, 0.3) is 12.2 Å². The summed E-state index contributed by atoms with van der Waals surface area (Å²) in [7, 11) is 4.75. The van der Waals surface area contributed by atoms with Gasteiger partial charge in [-0.05, 0) is 70.0 Å². The van der Waals surface area contributed by atoms with Gasteiger partial charge in [0.2, 0.25) is 11.7 Å². The van der Waals surface area contributed by atoms with Gasteiger partial charge in [0.1, 0.15) is 5.75 Å². The number of halogens is 1. The molecule has 0 aliphatic heterocycles. The molecule has 200 valence electrons. The Morgan fingerprint density at radius 1 is 0.944 bits per heavy atom. The number of carbonyl (C=O) groups excluding carboxylic acids is 1. The van der Waals surface area contributed by atoms with Crippen LogP contribution in [0.15, 0.2) is 30.3 Å². The van der Waals surface area contributed by atoms with Crippen LogP contribution in [0, 0.1) is 0 Å². The van der Waals surface area contributed by atoms with Gasteiger partial charge in [-0.25, -0.2) is 0 Å². The largest absolute Gasteiger partial charge is 0.494 e. The fourth-order valence-corrected chi connectivity index (χ4v) is 3.99. The molecule has 1 amide bonds. The number of amides is 1. The van der Waals surface area contributed by atoms with Crippen LogP contribution in [0.3, 0.4) is 0 Å². The number of ether oxygens (including phenoxy) is 4. The molecule has 1 N–H and O–H groups in total. The van der Waals surface area contributed by atoms with Crippen molar-refractivity contribution in [3.05, 3.63) is 41.5 Å². The summed E-state index contributed by atoms with van der Waals surface area (Å²) in [4.78, 5) is 15.2. The topological polar surface area (TPSA) is 69.3 Å². The Morgan fingerprint density at radius 3 is 2.06 bits per heavy atom. The normalized spacial score (nSPS) is 11.1. The van der Waals surface area contributed by atoms with E-state index in [1.807, 2.05) is 49.4 Å². The van der Waals surface area contributed by atoms with Crippen molar-refractivity contribution in [1.29, 1.82) is 0 Å². The van der Waals surface area contributed by atoms with Crippen molar-refractivity contribution in [2.45, 2.75) is 53.1 Å². The van der Waals surface area contributed by atoms with Gasteiger partial charge >= 0.3 is 0 Å². The average Bonchev–Trinajstić information content (AvgIpc) is 2.82. The lowest BCUT2D eigenvalue weighted by Crippen LogP contribution is -2.39. The van der Waals surface area contributed by atoms with E-state index >= 15 is 0 Å². The molecule has 7 nitrogen and oxygen atoms in total. The molecule has 36 heavy (non-hydrogen) atoms. The molecule has 0 saturated heterocycles. The lowest BCUT2D eigenvalue weighted by molar-refractivity contribution is -0.116. The molecular weight excluding hydrogens is 480 g/mol. The minimum absolute atomic E-state index is 0. The van der Waals surface area contributed by atoms with Crippen molar-refractivity contribution in [1.82, 2.24) is 4.90 Å². The maximum absolute atomic E-state index is 12.8. The Morgan fingerprint density at radius 2 is 1.56 bits per heavy atom. The number of methoxy groups -OCH3 is 3. The van der Waals surface area contributed by atoms with Gasteiger partial charge in [0, 0.05) is 31.1 Å². The highest BCUT2D eigenvalue weighted by molar-refractivity contribution is 5.94. The molecule has 0 saturated carbocycles. The van der Waals surface area contributed by atoms with Crippen LogP contribution in [0.5, 0.6) is 23.0 Å². The highest BCUT2D eigenvalue weighted by Crippen LogP contribution is 2.38. The Kier molecular flexibility index (Phi) is 13.2. The van der Waals surface area contributed by atoms with Gasteiger partial charge in [-0.2, -0.15) is 0 Å². The third-order valence-corrected chi connectivity index (χ3v) is 5.68. The van der Waals surface area contributed by atoms with E-state index in [1.54, 1.807) is 21.3 Å². The van der Waals surface area contributed by atoms with Gasteiger partial charge in [-0.3, -0.25) is 9.69 Å². The van der Waals surface area contributed by atoms with E-state index in [9.17, 15) is 4.79 Å². The molecular formula is C28H41ClN2O5. The molecule has 2 aromatic carbocycles. The summed E-state index contributed by atoms with van der Waals surface area (Å²) in [6, 6.07) is 10.2. The summed E-state index contributed by atoms with van der Waals surface area (Å²) in [6.45, 7) is 11.8. The number of anilines is 1. The highest BCUT2D eigenvalue weighted by Gasteiger charge is 2.16. The van der Waals surface area contributed by atoms with E-state index < -0.39 is 0 Å². The average molecular weight is 521 g/mol. The van der Waals surface area contributed by atoms with Gasteiger partial charge < -0.3 is 24.3 Å². The Balaban J connectivity index is 0.00000648. The second kappa shape index (κ2) is 15.3. The second-order valence-corrected chi connectivity index (χ2v) is 8.70. The molecule has 2 aromatic rings. The number of hydrogen-bond acceptors (Lipinski definition) is 6. The molecule has 0 atom stereocenters. The van der Waals surface area contributed by atoms with Crippen molar-refractivity contribution in [2.24, 2.45) is 0 Å². The molecule has 0 spiro atoms. The molecule has 0 aliphatic carbocycles. The minimum atomic E-state index is -0.0348. The molecule has 0 radical (unpaired) electrons. The van der Waals surface area contributed by atoms with Crippen LogP contribution in [-0.4, -0.2) is 57.4 Å². The first-order chi connectivity index (χ1) is 16.7. The van der Waals surface area contributed by atoms with Crippen LogP contribution in [0.2, 0.25) is 0 Å². The zero-order valence-electron chi connectivity index (χ0n) is 22.7. The lowest BCUT2D eigenvalue weighted by atomic mass is 10.1. The summed E-state index contributed by atoms with van der Waals surface area (Å²) in [5.74, 6) is 2.36. The molecule has 2 rings (SSSR count). The standard InChI is InChI=1S/C28H40N2O5.ClH/c1-9-35-23-13-12-22(11-10-21-16-25(32-6)28(34-8)26(17-21)33-7)24(18-23)29-27(31)14-15-30(19(2)3)20(4)5;/h10-13,16-20H,9,14-15H2,1-8H3,(H,29,31);1H/b11-10-;. The van der Waals surface area contributed by atoms with Crippen molar-refractivity contribution in [3.8, 4) is 23.0 Å². The maximum atomic E-state index is 12.8.